The van der Waals surface area contributed by atoms with Crippen LogP contribution in [0.15, 0.2) is 41.8 Å². The van der Waals surface area contributed by atoms with Crippen LogP contribution in [0.3, 0.4) is 0 Å². The van der Waals surface area contributed by atoms with Crippen molar-refractivity contribution in [2.45, 2.75) is 18.9 Å². The highest BCUT2D eigenvalue weighted by Crippen LogP contribution is 2.22. The minimum Gasteiger partial charge on any atom is -0.481 e. The van der Waals surface area contributed by atoms with Crippen LogP contribution in [0.5, 0.6) is 0 Å². The van der Waals surface area contributed by atoms with Crippen molar-refractivity contribution >= 4 is 34.8 Å². The van der Waals surface area contributed by atoms with Crippen LogP contribution < -0.4 is 5.32 Å². The van der Waals surface area contributed by atoms with Gasteiger partial charge in [0, 0.05) is 9.90 Å². The monoisotopic (exact) mass is 323 g/mol. The summed E-state index contributed by atoms with van der Waals surface area (Å²) in [5.74, 6) is -1.20. The van der Waals surface area contributed by atoms with Crippen LogP contribution in [-0.2, 0) is 16.0 Å². The first-order valence-corrected chi connectivity index (χ1v) is 7.60. The Morgan fingerprint density at radius 2 is 2.00 bits per heavy atom. The molecule has 110 valence electrons. The molecule has 21 heavy (non-hydrogen) atoms. The van der Waals surface area contributed by atoms with Crippen molar-refractivity contribution in [3.05, 3.63) is 57.2 Å². The molecule has 1 atom stereocenters. The lowest BCUT2D eigenvalue weighted by Crippen LogP contribution is -2.31. The first kappa shape index (κ1) is 15.5. The topological polar surface area (TPSA) is 66.4 Å². The van der Waals surface area contributed by atoms with Crippen LogP contribution in [0.25, 0.3) is 0 Å². The number of rotatable bonds is 6. The van der Waals surface area contributed by atoms with Crippen LogP contribution in [-0.4, -0.2) is 17.0 Å². The molecule has 1 aromatic heterocycles. The summed E-state index contributed by atoms with van der Waals surface area (Å²) in [5, 5.41) is 14.1. The molecule has 0 unspecified atom stereocenters. The zero-order valence-corrected chi connectivity index (χ0v) is 12.7. The van der Waals surface area contributed by atoms with E-state index in [2.05, 4.69) is 5.32 Å². The van der Waals surface area contributed by atoms with E-state index in [1.54, 1.807) is 18.2 Å². The normalized spacial score (nSPS) is 11.9. The van der Waals surface area contributed by atoms with Gasteiger partial charge in [0.15, 0.2) is 0 Å². The molecule has 4 nitrogen and oxygen atoms in total. The van der Waals surface area contributed by atoms with Crippen LogP contribution in [0.4, 0.5) is 0 Å². The summed E-state index contributed by atoms with van der Waals surface area (Å²) >= 11 is 7.44. The van der Waals surface area contributed by atoms with Gasteiger partial charge in [0.25, 0.3) is 0 Å². The predicted molar refractivity (Wildman–Crippen MR) is 82.6 cm³/mol. The zero-order valence-electron chi connectivity index (χ0n) is 11.1. The molecular weight excluding hydrogens is 310 g/mol. The molecule has 0 aliphatic rings. The number of thiophene rings is 1. The Morgan fingerprint density at radius 3 is 2.62 bits per heavy atom. The molecular formula is C15H14ClNO3S. The maximum atomic E-state index is 12.1. The van der Waals surface area contributed by atoms with Gasteiger partial charge in [-0.05, 0) is 23.1 Å². The van der Waals surface area contributed by atoms with Crippen LogP contribution in [0, 0.1) is 0 Å². The lowest BCUT2D eigenvalue weighted by Gasteiger charge is -2.15. The maximum Gasteiger partial charge on any atom is 0.305 e. The van der Waals surface area contributed by atoms with Crippen LogP contribution in [0.1, 0.15) is 22.9 Å². The van der Waals surface area contributed by atoms with Gasteiger partial charge in [-0.1, -0.05) is 35.9 Å². The minimum atomic E-state index is -0.952. The second-order valence-corrected chi connectivity index (χ2v) is 5.89. The first-order chi connectivity index (χ1) is 10.1. The summed E-state index contributed by atoms with van der Waals surface area (Å²) in [6.07, 6.45) is -0.0179. The van der Waals surface area contributed by atoms with Gasteiger partial charge in [-0.2, -0.15) is 0 Å². The lowest BCUT2D eigenvalue weighted by atomic mass is 10.1. The van der Waals surface area contributed by atoms with Crippen molar-refractivity contribution in [3.8, 4) is 0 Å². The van der Waals surface area contributed by atoms with Gasteiger partial charge in [-0.15, -0.1) is 11.3 Å². The summed E-state index contributed by atoms with van der Waals surface area (Å²) < 4.78 is 0. The molecule has 2 N–H and O–H groups in total. The molecule has 0 radical (unpaired) electrons. The number of carboxylic acids is 1. The van der Waals surface area contributed by atoms with Crippen LogP contribution in [0.2, 0.25) is 5.02 Å². The van der Waals surface area contributed by atoms with E-state index in [0.29, 0.717) is 5.02 Å². The SMILES string of the molecule is O=C(O)C[C@@H](NC(=O)Cc1ccccc1Cl)c1cccs1. The van der Waals surface area contributed by atoms with Gasteiger partial charge in [0.2, 0.25) is 5.91 Å². The molecule has 1 heterocycles. The van der Waals surface area contributed by atoms with E-state index in [0.717, 1.165) is 10.4 Å². The third kappa shape index (κ3) is 4.58. The number of carboxylic acid groups (broad SMARTS) is 1. The van der Waals surface area contributed by atoms with Crippen molar-refractivity contribution in [2.75, 3.05) is 0 Å². The van der Waals surface area contributed by atoms with E-state index < -0.39 is 12.0 Å². The largest absolute Gasteiger partial charge is 0.481 e. The Labute approximate surface area is 131 Å². The first-order valence-electron chi connectivity index (χ1n) is 6.34. The zero-order chi connectivity index (χ0) is 15.2. The van der Waals surface area contributed by atoms with Crippen molar-refractivity contribution < 1.29 is 14.7 Å². The number of amides is 1. The fourth-order valence-corrected chi connectivity index (χ4v) is 2.93. The number of carbonyl (C=O) groups is 2. The van der Waals surface area contributed by atoms with Gasteiger partial charge in [0.05, 0.1) is 18.9 Å². The average molecular weight is 324 g/mol. The highest BCUT2D eigenvalue weighted by Gasteiger charge is 2.19. The van der Waals surface area contributed by atoms with E-state index in [4.69, 9.17) is 16.7 Å². The van der Waals surface area contributed by atoms with E-state index in [1.807, 2.05) is 23.6 Å². The van der Waals surface area contributed by atoms with Crippen molar-refractivity contribution in [1.82, 2.24) is 5.32 Å². The molecule has 0 bridgehead atoms. The summed E-state index contributed by atoms with van der Waals surface area (Å²) in [4.78, 5) is 23.8. The molecule has 6 heteroatoms. The van der Waals surface area contributed by atoms with E-state index in [9.17, 15) is 9.59 Å². The van der Waals surface area contributed by atoms with Crippen LogP contribution >= 0.6 is 22.9 Å². The Hall–Kier alpha value is -1.85. The fraction of sp³-hybridized carbons (Fsp3) is 0.200. The Bertz CT molecular complexity index is 628. The maximum absolute atomic E-state index is 12.1. The number of carbonyl (C=O) groups excluding carboxylic acids is 1. The number of nitrogens with one attached hydrogen (secondary N) is 1. The molecule has 0 aliphatic carbocycles. The number of hydrogen-bond donors (Lipinski definition) is 2. The van der Waals surface area contributed by atoms with Crippen molar-refractivity contribution in [1.29, 1.82) is 0 Å². The summed E-state index contributed by atoms with van der Waals surface area (Å²) in [6, 6.07) is 10.2. The van der Waals surface area contributed by atoms with E-state index in [1.165, 1.54) is 11.3 Å². The van der Waals surface area contributed by atoms with Gasteiger partial charge in [0.1, 0.15) is 0 Å². The molecule has 0 spiro atoms. The summed E-state index contributed by atoms with van der Waals surface area (Å²) in [5.41, 5.74) is 0.719. The smallest absolute Gasteiger partial charge is 0.305 e. The minimum absolute atomic E-state index is 0.126. The summed E-state index contributed by atoms with van der Waals surface area (Å²) in [6.45, 7) is 0. The number of hydrogen-bond acceptors (Lipinski definition) is 3. The average Bonchev–Trinajstić information content (AvgIpc) is 2.94. The Kier molecular flexibility index (Phi) is 5.36. The quantitative estimate of drug-likeness (QED) is 0.857. The van der Waals surface area contributed by atoms with E-state index in [-0.39, 0.29) is 18.7 Å². The third-order valence-electron chi connectivity index (χ3n) is 2.91. The molecule has 0 aliphatic heterocycles. The molecule has 2 rings (SSSR count). The highest BCUT2D eigenvalue weighted by atomic mass is 35.5. The lowest BCUT2D eigenvalue weighted by molar-refractivity contribution is -0.137. The molecule has 1 amide bonds. The second-order valence-electron chi connectivity index (χ2n) is 4.50. The third-order valence-corrected chi connectivity index (χ3v) is 4.26. The number of benzene rings is 1. The van der Waals surface area contributed by atoms with Crippen molar-refractivity contribution in [3.63, 3.8) is 0 Å². The molecule has 0 saturated carbocycles. The standard InChI is InChI=1S/C15H14ClNO3S/c16-11-5-2-1-4-10(11)8-14(18)17-12(9-15(19)20)13-6-3-7-21-13/h1-7,12H,8-9H2,(H,17,18)(H,19,20)/t12-/m1/s1. The Morgan fingerprint density at radius 1 is 1.24 bits per heavy atom. The molecule has 2 aromatic rings. The Balaban J connectivity index is 2.05. The van der Waals surface area contributed by atoms with Crippen molar-refractivity contribution in [2.24, 2.45) is 0 Å². The summed E-state index contributed by atoms with van der Waals surface area (Å²) in [7, 11) is 0. The highest BCUT2D eigenvalue weighted by molar-refractivity contribution is 7.10. The van der Waals surface area contributed by atoms with Gasteiger partial charge < -0.3 is 10.4 Å². The van der Waals surface area contributed by atoms with Gasteiger partial charge >= 0.3 is 5.97 Å². The predicted octanol–water partition coefficient (Wildman–Crippen LogP) is 3.28. The molecule has 0 fully saturated rings. The molecule has 1 aromatic carbocycles. The fourth-order valence-electron chi connectivity index (χ4n) is 1.95. The van der Waals surface area contributed by atoms with Gasteiger partial charge in [-0.25, -0.2) is 0 Å². The van der Waals surface area contributed by atoms with Gasteiger partial charge in [-0.3, -0.25) is 9.59 Å². The number of aliphatic carboxylic acids is 1. The second kappa shape index (κ2) is 7.24. The van der Waals surface area contributed by atoms with E-state index >= 15 is 0 Å². The number of halogens is 1. The molecule has 0 saturated heterocycles.